The number of ether oxygens (including phenoxy) is 1. The van der Waals surface area contributed by atoms with E-state index in [1.165, 1.54) is 18.5 Å². The van der Waals surface area contributed by atoms with Gasteiger partial charge in [-0.1, -0.05) is 0 Å². The van der Waals surface area contributed by atoms with E-state index in [1.807, 2.05) is 0 Å². The van der Waals surface area contributed by atoms with Crippen LogP contribution in [0.2, 0.25) is 0 Å². The first-order valence-corrected chi connectivity index (χ1v) is 6.06. The molecule has 2 heterocycles. The number of aromatic nitrogens is 3. The van der Waals surface area contributed by atoms with E-state index >= 15 is 0 Å². The summed E-state index contributed by atoms with van der Waals surface area (Å²) in [6.45, 7) is 0. The molecule has 0 bridgehead atoms. The standard InChI is InChI=1S/C13H9F3N4O3/c1-23-12(22)7-4-17-3-2-8(7)20-11(21)9-5-19-10(6-18-9)13(14,15)16/h2-6H,1H3,(H,17,20,21). The fraction of sp³-hybridized carbons (Fsp3) is 0.154. The predicted molar refractivity (Wildman–Crippen MR) is 70.6 cm³/mol. The second kappa shape index (κ2) is 6.38. The molecule has 2 aromatic heterocycles. The van der Waals surface area contributed by atoms with Gasteiger partial charge in [0.1, 0.15) is 11.3 Å². The van der Waals surface area contributed by atoms with Crippen LogP contribution in [-0.4, -0.2) is 33.9 Å². The quantitative estimate of drug-likeness (QED) is 0.866. The number of nitrogens with zero attached hydrogens (tertiary/aromatic N) is 3. The van der Waals surface area contributed by atoms with Gasteiger partial charge < -0.3 is 10.1 Å². The zero-order valence-corrected chi connectivity index (χ0v) is 11.6. The molecule has 7 nitrogen and oxygen atoms in total. The molecule has 23 heavy (non-hydrogen) atoms. The van der Waals surface area contributed by atoms with Gasteiger partial charge in [-0.05, 0) is 6.07 Å². The first-order chi connectivity index (χ1) is 10.8. The fourth-order valence-electron chi connectivity index (χ4n) is 1.55. The lowest BCUT2D eigenvalue weighted by atomic mass is 10.2. The summed E-state index contributed by atoms with van der Waals surface area (Å²) < 4.78 is 41.7. The smallest absolute Gasteiger partial charge is 0.434 e. The van der Waals surface area contributed by atoms with Crippen molar-refractivity contribution < 1.29 is 27.5 Å². The minimum absolute atomic E-state index is 0.0109. The molecule has 0 unspecified atom stereocenters. The maximum absolute atomic E-state index is 12.4. The maximum atomic E-state index is 12.4. The molecule has 0 aliphatic rings. The number of pyridine rings is 1. The third-order valence-electron chi connectivity index (χ3n) is 2.65. The minimum Gasteiger partial charge on any atom is -0.465 e. The first kappa shape index (κ1) is 16.3. The van der Waals surface area contributed by atoms with Crippen molar-refractivity contribution in [1.29, 1.82) is 0 Å². The van der Waals surface area contributed by atoms with E-state index in [9.17, 15) is 22.8 Å². The highest BCUT2D eigenvalue weighted by Gasteiger charge is 2.33. The molecule has 0 aromatic carbocycles. The lowest BCUT2D eigenvalue weighted by Crippen LogP contribution is -2.18. The molecule has 2 rings (SSSR count). The third-order valence-corrected chi connectivity index (χ3v) is 2.65. The molecule has 0 radical (unpaired) electrons. The van der Waals surface area contributed by atoms with E-state index in [0.717, 1.165) is 7.11 Å². The molecule has 0 saturated heterocycles. The van der Waals surface area contributed by atoms with Crippen LogP contribution in [0.15, 0.2) is 30.9 Å². The maximum Gasteiger partial charge on any atom is 0.434 e. The van der Waals surface area contributed by atoms with E-state index in [4.69, 9.17) is 0 Å². The number of rotatable bonds is 3. The molecule has 2 aromatic rings. The minimum atomic E-state index is -4.65. The molecule has 0 aliphatic carbocycles. The van der Waals surface area contributed by atoms with E-state index < -0.39 is 23.7 Å². The summed E-state index contributed by atoms with van der Waals surface area (Å²) in [5.74, 6) is -1.56. The number of anilines is 1. The van der Waals surface area contributed by atoms with Crippen LogP contribution in [0, 0.1) is 0 Å². The van der Waals surface area contributed by atoms with Crippen molar-refractivity contribution >= 4 is 17.6 Å². The summed E-state index contributed by atoms with van der Waals surface area (Å²) >= 11 is 0. The van der Waals surface area contributed by atoms with Crippen molar-refractivity contribution in [3.05, 3.63) is 47.8 Å². The van der Waals surface area contributed by atoms with E-state index in [2.05, 4.69) is 25.0 Å². The lowest BCUT2D eigenvalue weighted by molar-refractivity contribution is -0.141. The molecule has 0 aliphatic heterocycles. The van der Waals surface area contributed by atoms with E-state index in [-0.39, 0.29) is 16.9 Å². The van der Waals surface area contributed by atoms with Crippen molar-refractivity contribution in [2.75, 3.05) is 12.4 Å². The third kappa shape index (κ3) is 3.78. The zero-order chi connectivity index (χ0) is 17.0. The average molecular weight is 326 g/mol. The number of nitrogens with one attached hydrogen (secondary N) is 1. The number of esters is 1. The Kier molecular flexibility index (Phi) is 4.53. The summed E-state index contributed by atoms with van der Waals surface area (Å²) in [6, 6.07) is 1.33. The Labute approximate surface area is 127 Å². The molecule has 0 atom stereocenters. The highest BCUT2D eigenvalue weighted by atomic mass is 19.4. The number of alkyl halides is 3. The monoisotopic (exact) mass is 326 g/mol. The van der Waals surface area contributed by atoms with Gasteiger partial charge in [-0.2, -0.15) is 13.2 Å². The second-order valence-electron chi connectivity index (χ2n) is 4.15. The molecule has 1 amide bonds. The number of carbonyl (C=O) groups excluding carboxylic acids is 2. The molecule has 0 saturated carbocycles. The van der Waals surface area contributed by atoms with Crippen LogP contribution in [0.3, 0.4) is 0 Å². The van der Waals surface area contributed by atoms with E-state index in [1.54, 1.807) is 0 Å². The van der Waals surface area contributed by atoms with Gasteiger partial charge in [0.15, 0.2) is 5.69 Å². The van der Waals surface area contributed by atoms with E-state index in [0.29, 0.717) is 12.4 Å². The molecular weight excluding hydrogens is 317 g/mol. The number of amides is 1. The van der Waals surface area contributed by atoms with Crippen molar-refractivity contribution in [2.24, 2.45) is 0 Å². The Morgan fingerprint density at radius 2 is 1.91 bits per heavy atom. The Hall–Kier alpha value is -3.04. The summed E-state index contributed by atoms with van der Waals surface area (Å²) in [5.41, 5.74) is -1.49. The molecule has 0 fully saturated rings. The number of carbonyl (C=O) groups is 2. The van der Waals surface area contributed by atoms with Gasteiger partial charge >= 0.3 is 12.1 Å². The van der Waals surface area contributed by atoms with Crippen LogP contribution < -0.4 is 5.32 Å². The normalized spacial score (nSPS) is 11.0. The van der Waals surface area contributed by atoms with Gasteiger partial charge in [0, 0.05) is 12.4 Å². The SMILES string of the molecule is COC(=O)c1cnccc1NC(=O)c1cnc(C(F)(F)F)cn1. The largest absolute Gasteiger partial charge is 0.465 e. The van der Waals surface area contributed by atoms with Crippen LogP contribution in [0.5, 0.6) is 0 Å². The van der Waals surface area contributed by atoms with Crippen molar-refractivity contribution in [3.63, 3.8) is 0 Å². The van der Waals surface area contributed by atoms with Gasteiger partial charge in [0.05, 0.1) is 25.2 Å². The summed E-state index contributed by atoms with van der Waals surface area (Å²) in [7, 11) is 1.16. The molecule has 120 valence electrons. The predicted octanol–water partition coefficient (Wildman–Crippen LogP) is 1.93. The summed E-state index contributed by atoms with van der Waals surface area (Å²) in [4.78, 5) is 33.8. The second-order valence-corrected chi connectivity index (χ2v) is 4.15. The number of hydrogen-bond acceptors (Lipinski definition) is 6. The first-order valence-electron chi connectivity index (χ1n) is 6.06. The van der Waals surface area contributed by atoms with Gasteiger partial charge in [0.25, 0.3) is 5.91 Å². The molecule has 0 spiro atoms. The van der Waals surface area contributed by atoms with Gasteiger partial charge in [-0.3, -0.25) is 9.78 Å². The van der Waals surface area contributed by atoms with Gasteiger partial charge in [-0.25, -0.2) is 14.8 Å². The Bertz CT molecular complexity index is 732. The summed E-state index contributed by atoms with van der Waals surface area (Å²) in [5, 5.41) is 2.34. The topological polar surface area (TPSA) is 94.1 Å². The van der Waals surface area contributed by atoms with Crippen molar-refractivity contribution in [2.45, 2.75) is 6.18 Å². The van der Waals surface area contributed by atoms with Crippen molar-refractivity contribution in [3.8, 4) is 0 Å². The number of methoxy groups -OCH3 is 1. The van der Waals surface area contributed by atoms with Crippen LogP contribution in [0.1, 0.15) is 26.5 Å². The molecule has 1 N–H and O–H groups in total. The van der Waals surface area contributed by atoms with Gasteiger partial charge in [-0.15, -0.1) is 0 Å². The summed E-state index contributed by atoms with van der Waals surface area (Å²) in [6.07, 6.45) is -1.01. The highest BCUT2D eigenvalue weighted by molar-refractivity contribution is 6.06. The van der Waals surface area contributed by atoms with Crippen LogP contribution in [0.25, 0.3) is 0 Å². The highest BCUT2D eigenvalue weighted by Crippen LogP contribution is 2.26. The Morgan fingerprint density at radius 1 is 1.17 bits per heavy atom. The van der Waals surface area contributed by atoms with Crippen LogP contribution in [0.4, 0.5) is 18.9 Å². The fourth-order valence-corrected chi connectivity index (χ4v) is 1.55. The average Bonchev–Trinajstić information content (AvgIpc) is 2.54. The van der Waals surface area contributed by atoms with Crippen LogP contribution in [-0.2, 0) is 10.9 Å². The molecule has 10 heteroatoms. The number of halogens is 3. The lowest BCUT2D eigenvalue weighted by Gasteiger charge is -2.09. The van der Waals surface area contributed by atoms with Crippen molar-refractivity contribution in [1.82, 2.24) is 15.0 Å². The number of hydrogen-bond donors (Lipinski definition) is 1. The van der Waals surface area contributed by atoms with Gasteiger partial charge in [0.2, 0.25) is 0 Å². The zero-order valence-electron chi connectivity index (χ0n) is 11.6. The Morgan fingerprint density at radius 3 is 2.48 bits per heavy atom. The Balaban J connectivity index is 2.22. The molecular formula is C13H9F3N4O3. The van der Waals surface area contributed by atoms with Crippen LogP contribution >= 0.6 is 0 Å².